The summed E-state index contributed by atoms with van der Waals surface area (Å²) in [4.78, 5) is 14.9. The molecule has 1 fully saturated rings. The maximum absolute atomic E-state index is 9.18. The summed E-state index contributed by atoms with van der Waals surface area (Å²) in [7, 11) is 0. The van der Waals surface area contributed by atoms with Gasteiger partial charge in [-0.05, 0) is 31.9 Å². The third-order valence-corrected chi connectivity index (χ3v) is 3.86. The van der Waals surface area contributed by atoms with Crippen molar-refractivity contribution in [3.63, 3.8) is 0 Å². The van der Waals surface area contributed by atoms with Crippen LogP contribution in [0.3, 0.4) is 0 Å². The molecule has 1 aliphatic rings. The van der Waals surface area contributed by atoms with E-state index in [1.807, 2.05) is 19.1 Å². The van der Waals surface area contributed by atoms with Crippen LogP contribution in [0.25, 0.3) is 0 Å². The number of anilines is 2. The minimum atomic E-state index is 0.389. The normalized spacial score (nSPS) is 15.4. The zero-order valence-electron chi connectivity index (χ0n) is 12.5. The van der Waals surface area contributed by atoms with Crippen molar-refractivity contribution in [2.45, 2.75) is 25.8 Å². The third kappa shape index (κ3) is 3.14. The van der Waals surface area contributed by atoms with Crippen molar-refractivity contribution in [1.29, 1.82) is 5.26 Å². The van der Waals surface area contributed by atoms with Gasteiger partial charge in [0.15, 0.2) is 0 Å². The van der Waals surface area contributed by atoms with Gasteiger partial charge in [0.2, 0.25) is 0 Å². The Bertz CT molecular complexity index is 685. The molecule has 0 spiro atoms. The summed E-state index contributed by atoms with van der Waals surface area (Å²) >= 11 is 0. The van der Waals surface area contributed by atoms with Crippen LogP contribution < -0.4 is 10.2 Å². The molecule has 1 aliphatic heterocycles. The van der Waals surface area contributed by atoms with Gasteiger partial charge in [-0.2, -0.15) is 5.26 Å². The molecule has 6 heteroatoms. The molecule has 2 aromatic heterocycles. The van der Waals surface area contributed by atoms with Crippen LogP contribution >= 0.6 is 0 Å². The Morgan fingerprint density at radius 1 is 1.27 bits per heavy atom. The van der Waals surface area contributed by atoms with Gasteiger partial charge in [0.1, 0.15) is 24.0 Å². The summed E-state index contributed by atoms with van der Waals surface area (Å²) in [6, 6.07) is 8.17. The number of nitrogens with zero attached hydrogens (tertiary/aromatic N) is 5. The number of pyridine rings is 1. The minimum absolute atomic E-state index is 0.389. The molecule has 0 amide bonds. The fourth-order valence-corrected chi connectivity index (χ4v) is 2.71. The minimum Gasteiger partial charge on any atom is -0.367 e. The fourth-order valence-electron chi connectivity index (χ4n) is 2.71. The lowest BCUT2D eigenvalue weighted by atomic mass is 10.0. The van der Waals surface area contributed by atoms with Gasteiger partial charge < -0.3 is 10.2 Å². The van der Waals surface area contributed by atoms with E-state index in [0.29, 0.717) is 11.6 Å². The number of hydrogen-bond acceptors (Lipinski definition) is 6. The molecule has 2 aromatic rings. The van der Waals surface area contributed by atoms with Crippen molar-refractivity contribution in [2.75, 3.05) is 23.3 Å². The van der Waals surface area contributed by atoms with Crippen LogP contribution in [0.2, 0.25) is 0 Å². The van der Waals surface area contributed by atoms with Gasteiger partial charge in [-0.1, -0.05) is 0 Å². The summed E-state index contributed by atoms with van der Waals surface area (Å²) < 4.78 is 0. The number of piperidine rings is 1. The van der Waals surface area contributed by atoms with E-state index in [2.05, 4.69) is 31.2 Å². The van der Waals surface area contributed by atoms with Gasteiger partial charge in [0, 0.05) is 37.1 Å². The molecule has 0 radical (unpaired) electrons. The summed E-state index contributed by atoms with van der Waals surface area (Å²) in [5, 5.41) is 12.6. The maximum Gasteiger partial charge on any atom is 0.146 e. The first-order valence-corrected chi connectivity index (χ1v) is 7.41. The Labute approximate surface area is 129 Å². The Morgan fingerprint density at radius 2 is 2.09 bits per heavy atom. The largest absolute Gasteiger partial charge is 0.367 e. The molecule has 0 saturated carbocycles. The van der Waals surface area contributed by atoms with E-state index in [4.69, 9.17) is 0 Å². The molecule has 1 saturated heterocycles. The number of aromatic nitrogens is 3. The molecule has 0 aliphatic carbocycles. The first-order valence-electron chi connectivity index (χ1n) is 7.41. The van der Waals surface area contributed by atoms with Gasteiger partial charge in [0.25, 0.3) is 0 Å². The van der Waals surface area contributed by atoms with Gasteiger partial charge in [-0.3, -0.25) is 0 Å². The number of rotatable bonds is 3. The molecule has 6 nitrogen and oxygen atoms in total. The number of nitrogens with one attached hydrogen (secondary N) is 1. The molecule has 3 heterocycles. The third-order valence-electron chi connectivity index (χ3n) is 3.86. The lowest BCUT2D eigenvalue weighted by Gasteiger charge is -2.33. The summed E-state index contributed by atoms with van der Waals surface area (Å²) in [5.74, 6) is 1.67. The average molecular weight is 294 g/mol. The monoisotopic (exact) mass is 294 g/mol. The molecule has 1 N–H and O–H groups in total. The summed E-state index contributed by atoms with van der Waals surface area (Å²) in [6.45, 7) is 3.72. The van der Waals surface area contributed by atoms with Gasteiger partial charge in [-0.25, -0.2) is 15.0 Å². The van der Waals surface area contributed by atoms with Crippen molar-refractivity contribution in [2.24, 2.45) is 0 Å². The second kappa shape index (κ2) is 6.39. The molecule has 0 atom stereocenters. The number of aryl methyl sites for hydroxylation is 1. The maximum atomic E-state index is 9.18. The zero-order valence-corrected chi connectivity index (χ0v) is 12.5. The first kappa shape index (κ1) is 14.3. The Morgan fingerprint density at radius 3 is 2.82 bits per heavy atom. The second-order valence-corrected chi connectivity index (χ2v) is 5.44. The van der Waals surface area contributed by atoms with E-state index in [1.54, 1.807) is 18.6 Å². The van der Waals surface area contributed by atoms with Crippen LogP contribution in [-0.2, 0) is 0 Å². The lowest BCUT2D eigenvalue weighted by molar-refractivity contribution is 0.522. The topological polar surface area (TPSA) is 77.7 Å². The summed E-state index contributed by atoms with van der Waals surface area (Å²) in [5.41, 5.74) is 1.60. The molecule has 0 unspecified atom stereocenters. The van der Waals surface area contributed by atoms with E-state index < -0.39 is 0 Å². The van der Waals surface area contributed by atoms with Gasteiger partial charge >= 0.3 is 0 Å². The van der Waals surface area contributed by atoms with Gasteiger partial charge in [0.05, 0.1) is 5.56 Å². The van der Waals surface area contributed by atoms with E-state index >= 15 is 0 Å². The molecule has 112 valence electrons. The van der Waals surface area contributed by atoms with Crippen molar-refractivity contribution in [1.82, 2.24) is 15.0 Å². The molecule has 22 heavy (non-hydrogen) atoms. The smallest absolute Gasteiger partial charge is 0.146 e. The zero-order chi connectivity index (χ0) is 15.4. The van der Waals surface area contributed by atoms with Crippen molar-refractivity contribution in [3.8, 4) is 6.07 Å². The van der Waals surface area contributed by atoms with Gasteiger partial charge in [-0.15, -0.1) is 0 Å². The van der Waals surface area contributed by atoms with Crippen molar-refractivity contribution >= 4 is 11.6 Å². The molecular weight excluding hydrogens is 276 g/mol. The Balaban J connectivity index is 1.62. The van der Waals surface area contributed by atoms with Crippen LogP contribution in [0.1, 0.15) is 24.1 Å². The average Bonchev–Trinajstić information content (AvgIpc) is 2.56. The van der Waals surface area contributed by atoms with Crippen LogP contribution in [0.15, 0.2) is 30.7 Å². The Hall–Kier alpha value is -2.68. The fraction of sp³-hybridized carbons (Fsp3) is 0.375. The quantitative estimate of drug-likeness (QED) is 0.934. The Kier molecular flexibility index (Phi) is 4.15. The first-order chi connectivity index (χ1) is 10.8. The highest BCUT2D eigenvalue weighted by Gasteiger charge is 2.22. The number of hydrogen-bond donors (Lipinski definition) is 1. The van der Waals surface area contributed by atoms with Crippen LogP contribution in [0, 0.1) is 18.3 Å². The van der Waals surface area contributed by atoms with Crippen molar-refractivity contribution in [3.05, 3.63) is 42.0 Å². The standard InChI is InChI=1S/C16H18N6/c1-12-9-15(20-11-19-12)21-14-4-7-22(8-5-14)16-13(10-17)3-2-6-18-16/h2-3,6,9,11,14H,4-5,7-8H2,1H3,(H,19,20,21). The van der Waals surface area contributed by atoms with Crippen LogP contribution in [-0.4, -0.2) is 34.1 Å². The lowest BCUT2D eigenvalue weighted by Crippen LogP contribution is -2.40. The SMILES string of the molecule is Cc1cc(NC2CCN(c3ncccc3C#N)CC2)ncn1. The highest BCUT2D eigenvalue weighted by molar-refractivity contribution is 5.53. The van der Waals surface area contributed by atoms with Crippen LogP contribution in [0.5, 0.6) is 0 Å². The second-order valence-electron chi connectivity index (χ2n) is 5.44. The van der Waals surface area contributed by atoms with E-state index in [1.165, 1.54) is 0 Å². The van der Waals surface area contributed by atoms with E-state index in [-0.39, 0.29) is 0 Å². The predicted molar refractivity (Wildman–Crippen MR) is 84.6 cm³/mol. The molecular formula is C16H18N6. The van der Waals surface area contributed by atoms with Crippen LogP contribution in [0.4, 0.5) is 11.6 Å². The molecule has 3 rings (SSSR count). The van der Waals surface area contributed by atoms with Crippen molar-refractivity contribution < 1.29 is 0 Å². The molecule has 0 aromatic carbocycles. The summed E-state index contributed by atoms with van der Waals surface area (Å²) in [6.07, 6.45) is 5.30. The van der Waals surface area contributed by atoms with E-state index in [9.17, 15) is 5.26 Å². The van der Waals surface area contributed by atoms with E-state index in [0.717, 1.165) is 43.3 Å². The molecule has 0 bridgehead atoms. The number of nitriles is 1. The predicted octanol–water partition coefficient (Wildman–Crippen LogP) is 2.13. The highest BCUT2D eigenvalue weighted by Crippen LogP contribution is 2.22. The highest BCUT2D eigenvalue weighted by atomic mass is 15.2.